The zero-order valence-electron chi connectivity index (χ0n) is 8.71. The van der Waals surface area contributed by atoms with E-state index in [2.05, 4.69) is 5.32 Å². The summed E-state index contributed by atoms with van der Waals surface area (Å²) in [6.07, 6.45) is 3.38. The van der Waals surface area contributed by atoms with Gasteiger partial charge in [0.25, 0.3) is 0 Å². The smallest absolute Gasteiger partial charge is 0.249 e. The van der Waals surface area contributed by atoms with Gasteiger partial charge in [0.1, 0.15) is 6.61 Å². The standard InChI is InChI=1S/C10H18N2O2/c1-14-7-9(13)12-6-2-3-10(12)4-5-11-8-10/h11H,2-8H2,1H3. The van der Waals surface area contributed by atoms with Crippen LogP contribution in [0.15, 0.2) is 0 Å². The van der Waals surface area contributed by atoms with Crippen LogP contribution in [-0.4, -0.2) is 49.7 Å². The number of amides is 1. The average molecular weight is 198 g/mol. The Kier molecular flexibility index (Phi) is 2.74. The van der Waals surface area contributed by atoms with Gasteiger partial charge in [-0.15, -0.1) is 0 Å². The van der Waals surface area contributed by atoms with Crippen molar-refractivity contribution in [2.75, 3.05) is 33.4 Å². The maximum Gasteiger partial charge on any atom is 0.249 e. The van der Waals surface area contributed by atoms with E-state index in [-0.39, 0.29) is 18.1 Å². The van der Waals surface area contributed by atoms with Crippen LogP contribution in [0.2, 0.25) is 0 Å². The lowest BCUT2D eigenvalue weighted by molar-refractivity contribution is -0.138. The Morgan fingerprint density at radius 1 is 1.57 bits per heavy atom. The molecule has 1 spiro atoms. The van der Waals surface area contributed by atoms with Gasteiger partial charge in [-0.05, 0) is 25.8 Å². The van der Waals surface area contributed by atoms with E-state index in [1.165, 1.54) is 0 Å². The van der Waals surface area contributed by atoms with Crippen molar-refractivity contribution in [3.05, 3.63) is 0 Å². The Labute approximate surface area is 84.6 Å². The minimum atomic E-state index is 0.121. The predicted molar refractivity (Wildman–Crippen MR) is 53.0 cm³/mol. The largest absolute Gasteiger partial charge is 0.375 e. The number of carbonyl (C=O) groups excluding carboxylic acids is 1. The van der Waals surface area contributed by atoms with E-state index in [0.29, 0.717) is 0 Å². The van der Waals surface area contributed by atoms with Crippen molar-refractivity contribution >= 4 is 5.91 Å². The zero-order chi connectivity index (χ0) is 10.0. The van der Waals surface area contributed by atoms with E-state index in [9.17, 15) is 4.79 Å². The van der Waals surface area contributed by atoms with Crippen molar-refractivity contribution in [3.8, 4) is 0 Å². The fourth-order valence-corrected chi connectivity index (χ4v) is 2.70. The number of nitrogens with zero attached hydrogens (tertiary/aromatic N) is 1. The number of carbonyl (C=O) groups is 1. The summed E-state index contributed by atoms with van der Waals surface area (Å²) in [6, 6.07) is 0. The maximum absolute atomic E-state index is 11.8. The second-order valence-electron chi connectivity index (χ2n) is 4.23. The van der Waals surface area contributed by atoms with Crippen molar-refractivity contribution in [2.45, 2.75) is 24.8 Å². The van der Waals surface area contributed by atoms with Gasteiger partial charge in [0.15, 0.2) is 0 Å². The molecule has 2 fully saturated rings. The molecule has 1 atom stereocenters. The Morgan fingerprint density at radius 3 is 3.07 bits per heavy atom. The first-order valence-electron chi connectivity index (χ1n) is 5.29. The quantitative estimate of drug-likeness (QED) is 0.678. The van der Waals surface area contributed by atoms with Crippen molar-refractivity contribution in [1.82, 2.24) is 10.2 Å². The monoisotopic (exact) mass is 198 g/mol. The van der Waals surface area contributed by atoms with E-state index in [0.717, 1.165) is 38.9 Å². The molecule has 14 heavy (non-hydrogen) atoms. The van der Waals surface area contributed by atoms with Crippen LogP contribution in [-0.2, 0) is 9.53 Å². The van der Waals surface area contributed by atoms with Gasteiger partial charge in [0, 0.05) is 20.2 Å². The number of rotatable bonds is 2. The SMILES string of the molecule is COCC(=O)N1CCCC12CCNC2. The molecule has 0 aromatic rings. The van der Waals surface area contributed by atoms with Gasteiger partial charge in [-0.3, -0.25) is 4.79 Å². The molecule has 0 aromatic heterocycles. The van der Waals surface area contributed by atoms with Crippen molar-refractivity contribution in [1.29, 1.82) is 0 Å². The molecule has 0 bridgehead atoms. The Balaban J connectivity index is 2.06. The predicted octanol–water partition coefficient (Wildman–Crippen LogP) is -0.0127. The third-order valence-corrected chi connectivity index (χ3v) is 3.39. The lowest BCUT2D eigenvalue weighted by Crippen LogP contribution is -2.49. The van der Waals surface area contributed by atoms with E-state index in [4.69, 9.17) is 4.74 Å². The molecule has 2 aliphatic heterocycles. The number of hydrogen-bond acceptors (Lipinski definition) is 3. The first kappa shape index (κ1) is 9.93. The summed E-state index contributed by atoms with van der Waals surface area (Å²) < 4.78 is 4.91. The highest BCUT2D eigenvalue weighted by Crippen LogP contribution is 2.34. The summed E-state index contributed by atoms with van der Waals surface area (Å²) in [6.45, 7) is 3.13. The highest BCUT2D eigenvalue weighted by atomic mass is 16.5. The van der Waals surface area contributed by atoms with Gasteiger partial charge >= 0.3 is 0 Å². The second-order valence-corrected chi connectivity index (χ2v) is 4.23. The number of hydrogen-bond donors (Lipinski definition) is 1. The molecule has 4 nitrogen and oxygen atoms in total. The molecule has 1 N–H and O–H groups in total. The fourth-order valence-electron chi connectivity index (χ4n) is 2.70. The van der Waals surface area contributed by atoms with Gasteiger partial charge in [0.05, 0.1) is 5.54 Å². The first-order valence-corrected chi connectivity index (χ1v) is 5.29. The zero-order valence-corrected chi connectivity index (χ0v) is 8.71. The van der Waals surface area contributed by atoms with E-state index >= 15 is 0 Å². The molecule has 4 heteroatoms. The minimum Gasteiger partial charge on any atom is -0.375 e. The van der Waals surface area contributed by atoms with E-state index in [1.807, 2.05) is 4.90 Å². The third kappa shape index (κ3) is 1.53. The van der Waals surface area contributed by atoms with E-state index < -0.39 is 0 Å². The Hall–Kier alpha value is -0.610. The molecule has 0 aliphatic carbocycles. The second kappa shape index (κ2) is 3.87. The molecular formula is C10H18N2O2. The van der Waals surface area contributed by atoms with Gasteiger partial charge in [-0.2, -0.15) is 0 Å². The van der Waals surface area contributed by atoms with Crippen LogP contribution in [0.4, 0.5) is 0 Å². The summed E-state index contributed by atoms with van der Waals surface area (Å²) in [4.78, 5) is 13.8. The summed E-state index contributed by atoms with van der Waals surface area (Å²) in [5.41, 5.74) is 0.121. The summed E-state index contributed by atoms with van der Waals surface area (Å²) in [5.74, 6) is 0.147. The normalized spacial score (nSPS) is 31.6. The van der Waals surface area contributed by atoms with Crippen LogP contribution in [0.5, 0.6) is 0 Å². The van der Waals surface area contributed by atoms with Crippen LogP contribution < -0.4 is 5.32 Å². The summed E-state index contributed by atoms with van der Waals surface area (Å²) >= 11 is 0. The van der Waals surface area contributed by atoms with Crippen LogP contribution in [0, 0.1) is 0 Å². The fraction of sp³-hybridized carbons (Fsp3) is 0.900. The molecule has 0 saturated carbocycles. The minimum absolute atomic E-state index is 0.121. The molecule has 2 heterocycles. The first-order chi connectivity index (χ1) is 6.78. The molecule has 2 saturated heterocycles. The van der Waals surface area contributed by atoms with Gasteiger partial charge in [0.2, 0.25) is 5.91 Å². The molecule has 80 valence electrons. The highest BCUT2D eigenvalue weighted by molar-refractivity contribution is 5.78. The summed E-state index contributed by atoms with van der Waals surface area (Å²) in [7, 11) is 1.58. The summed E-state index contributed by atoms with van der Waals surface area (Å²) in [5, 5.41) is 3.35. The van der Waals surface area contributed by atoms with Crippen LogP contribution >= 0.6 is 0 Å². The molecule has 2 rings (SSSR count). The topological polar surface area (TPSA) is 41.6 Å². The Morgan fingerprint density at radius 2 is 2.43 bits per heavy atom. The van der Waals surface area contributed by atoms with Gasteiger partial charge in [-0.25, -0.2) is 0 Å². The molecule has 1 unspecified atom stereocenters. The molecule has 1 amide bonds. The van der Waals surface area contributed by atoms with Crippen molar-refractivity contribution < 1.29 is 9.53 Å². The highest BCUT2D eigenvalue weighted by Gasteiger charge is 2.45. The van der Waals surface area contributed by atoms with Crippen molar-refractivity contribution in [2.24, 2.45) is 0 Å². The Bertz CT molecular complexity index is 219. The van der Waals surface area contributed by atoms with Gasteiger partial charge in [-0.1, -0.05) is 0 Å². The number of nitrogens with one attached hydrogen (secondary N) is 1. The maximum atomic E-state index is 11.8. The lowest BCUT2D eigenvalue weighted by atomic mass is 9.95. The van der Waals surface area contributed by atoms with E-state index in [1.54, 1.807) is 7.11 Å². The lowest BCUT2D eigenvalue weighted by Gasteiger charge is -2.34. The van der Waals surface area contributed by atoms with Crippen LogP contribution in [0.3, 0.4) is 0 Å². The average Bonchev–Trinajstić information content (AvgIpc) is 2.78. The third-order valence-electron chi connectivity index (χ3n) is 3.39. The van der Waals surface area contributed by atoms with Gasteiger partial charge < -0.3 is 15.0 Å². The number of likely N-dealkylation sites (tertiary alicyclic amines) is 1. The molecule has 2 aliphatic rings. The molecule has 0 aromatic carbocycles. The van der Waals surface area contributed by atoms with Crippen LogP contribution in [0.1, 0.15) is 19.3 Å². The number of methoxy groups -OCH3 is 1. The molecule has 0 radical (unpaired) electrons. The molecular weight excluding hydrogens is 180 g/mol. The number of ether oxygens (including phenoxy) is 1. The van der Waals surface area contributed by atoms with Crippen LogP contribution in [0.25, 0.3) is 0 Å². The van der Waals surface area contributed by atoms with Crippen molar-refractivity contribution in [3.63, 3.8) is 0 Å².